The van der Waals surface area contributed by atoms with E-state index in [-0.39, 0.29) is 0 Å². The molecule has 3 aromatic carbocycles. The van der Waals surface area contributed by atoms with Crippen LogP contribution < -0.4 is 15.7 Å². The topological polar surface area (TPSA) is 37.4 Å². The highest BCUT2D eigenvalue weighted by atomic mass is 79.9. The number of hydrogen-bond donors (Lipinski definition) is 1. The molecule has 0 amide bonds. The Bertz CT molecular complexity index is 1200. The fourth-order valence-electron chi connectivity index (χ4n) is 4.77. The van der Waals surface area contributed by atoms with E-state index in [0.717, 1.165) is 55.3 Å². The number of anilines is 2. The van der Waals surface area contributed by atoms with Gasteiger partial charge in [0.05, 0.1) is 17.9 Å². The lowest BCUT2D eigenvalue weighted by Gasteiger charge is -2.37. The van der Waals surface area contributed by atoms with Crippen molar-refractivity contribution in [2.45, 2.75) is 13.8 Å². The van der Waals surface area contributed by atoms with Crippen LogP contribution in [0.2, 0.25) is 0 Å². The quantitative estimate of drug-likeness (QED) is 0.427. The minimum Gasteiger partial charge on any atom is -0.297 e. The van der Waals surface area contributed by atoms with E-state index in [9.17, 15) is 0 Å². The molecule has 0 spiro atoms. The second-order valence-electron chi connectivity index (χ2n) is 9.36. The van der Waals surface area contributed by atoms with Crippen molar-refractivity contribution in [1.29, 1.82) is 0 Å². The molecule has 0 radical (unpaired) electrons. The molecule has 7 heteroatoms. The molecule has 0 atom stereocenters. The summed E-state index contributed by atoms with van der Waals surface area (Å²) in [5.74, 6) is 1.01. The Balaban J connectivity index is 1.26. The highest BCUT2D eigenvalue weighted by molar-refractivity contribution is 9.10. The van der Waals surface area contributed by atoms with Crippen LogP contribution in [0.3, 0.4) is 0 Å². The summed E-state index contributed by atoms with van der Waals surface area (Å²) in [6.45, 7) is 10.3. The van der Waals surface area contributed by atoms with Crippen molar-refractivity contribution in [2.24, 2.45) is 5.10 Å². The molecule has 0 saturated carbocycles. The molecule has 1 fully saturated rings. The molecule has 6 nitrogen and oxygen atoms in total. The first-order valence-electron chi connectivity index (χ1n) is 12.5. The summed E-state index contributed by atoms with van der Waals surface area (Å²) in [6.07, 6.45) is 4.49. The van der Waals surface area contributed by atoms with Crippen molar-refractivity contribution < 1.29 is 0 Å². The number of hydrazine groups is 2. The average molecular weight is 546 g/mol. The third-order valence-corrected chi connectivity index (χ3v) is 7.27. The zero-order chi connectivity index (χ0) is 24.9. The predicted molar refractivity (Wildman–Crippen MR) is 154 cm³/mol. The third kappa shape index (κ3) is 5.64. The Morgan fingerprint density at radius 1 is 0.833 bits per heavy atom. The van der Waals surface area contributed by atoms with Gasteiger partial charge in [-0.1, -0.05) is 76.6 Å². The standard InChI is InChI=1S/C29H33BrN6/c1-23-8-6-9-24(2)29(23)35-28(31-32-36(35)27-15-13-26(30)14-16-27)22-34-20-18-33(19-21-34)17-7-12-25-10-4-3-5-11-25/h3-16,32H,17-22H2,1-2H3. The molecule has 3 aromatic rings. The molecule has 2 heterocycles. The summed E-state index contributed by atoms with van der Waals surface area (Å²) < 4.78 is 1.06. The second kappa shape index (κ2) is 11.3. The predicted octanol–water partition coefficient (Wildman–Crippen LogP) is 5.46. The number of rotatable bonds is 7. The fourth-order valence-corrected chi connectivity index (χ4v) is 5.04. The van der Waals surface area contributed by atoms with Gasteiger partial charge in [0.15, 0.2) is 5.84 Å². The van der Waals surface area contributed by atoms with E-state index in [0.29, 0.717) is 0 Å². The summed E-state index contributed by atoms with van der Waals surface area (Å²) in [5.41, 5.74) is 9.19. The molecule has 2 aliphatic heterocycles. The van der Waals surface area contributed by atoms with Gasteiger partial charge in [-0.25, -0.2) is 5.01 Å². The Morgan fingerprint density at radius 2 is 1.50 bits per heavy atom. The van der Waals surface area contributed by atoms with Gasteiger partial charge in [0.2, 0.25) is 0 Å². The van der Waals surface area contributed by atoms with Crippen LogP contribution in [0.15, 0.2) is 88.4 Å². The maximum absolute atomic E-state index is 4.79. The monoisotopic (exact) mass is 544 g/mol. The van der Waals surface area contributed by atoms with E-state index in [1.165, 1.54) is 22.4 Å². The molecule has 0 aromatic heterocycles. The lowest BCUT2D eigenvalue weighted by molar-refractivity contribution is 0.157. The van der Waals surface area contributed by atoms with Crippen LogP contribution in [0.4, 0.5) is 11.4 Å². The van der Waals surface area contributed by atoms with Crippen LogP contribution in [0.25, 0.3) is 6.08 Å². The molecule has 2 aliphatic rings. The first-order chi connectivity index (χ1) is 17.6. The Labute approximate surface area is 222 Å². The maximum atomic E-state index is 4.79. The number of hydrogen-bond acceptors (Lipinski definition) is 6. The lowest BCUT2D eigenvalue weighted by Crippen LogP contribution is -2.52. The molecule has 1 saturated heterocycles. The van der Waals surface area contributed by atoms with Crippen molar-refractivity contribution in [1.82, 2.24) is 15.3 Å². The van der Waals surface area contributed by atoms with Crippen molar-refractivity contribution in [2.75, 3.05) is 49.4 Å². The molecule has 36 heavy (non-hydrogen) atoms. The minimum absolute atomic E-state index is 0.793. The third-order valence-electron chi connectivity index (χ3n) is 6.74. The lowest BCUT2D eigenvalue weighted by atomic mass is 10.1. The van der Waals surface area contributed by atoms with Crippen molar-refractivity contribution in [3.63, 3.8) is 0 Å². The zero-order valence-electron chi connectivity index (χ0n) is 20.9. The number of hydrazone groups is 1. The van der Waals surface area contributed by atoms with Gasteiger partial charge in [0, 0.05) is 37.2 Å². The highest BCUT2D eigenvalue weighted by Crippen LogP contribution is 2.31. The number of benzene rings is 3. The number of nitrogens with one attached hydrogen (secondary N) is 1. The van der Waals surface area contributed by atoms with Crippen LogP contribution in [0.5, 0.6) is 0 Å². The smallest absolute Gasteiger partial charge is 0.166 e. The van der Waals surface area contributed by atoms with Gasteiger partial charge >= 0.3 is 0 Å². The van der Waals surface area contributed by atoms with E-state index < -0.39 is 0 Å². The molecular formula is C29H33BrN6. The van der Waals surface area contributed by atoms with Crippen LogP contribution in [-0.2, 0) is 0 Å². The summed E-state index contributed by atoms with van der Waals surface area (Å²) in [7, 11) is 0. The summed E-state index contributed by atoms with van der Waals surface area (Å²) in [5, 5.41) is 9.07. The van der Waals surface area contributed by atoms with Crippen molar-refractivity contribution >= 4 is 39.2 Å². The Kier molecular flexibility index (Phi) is 7.70. The largest absolute Gasteiger partial charge is 0.297 e. The summed E-state index contributed by atoms with van der Waals surface area (Å²) >= 11 is 3.55. The molecule has 0 unspecified atom stereocenters. The number of halogens is 1. The second-order valence-corrected chi connectivity index (χ2v) is 10.3. The van der Waals surface area contributed by atoms with Crippen LogP contribution in [0, 0.1) is 13.8 Å². The van der Waals surface area contributed by atoms with E-state index in [4.69, 9.17) is 5.10 Å². The Hall–Kier alpha value is -3.13. The number of para-hydroxylation sites is 1. The van der Waals surface area contributed by atoms with Gasteiger partial charge in [-0.2, -0.15) is 10.7 Å². The number of nitrogens with zero attached hydrogens (tertiary/aromatic N) is 5. The molecule has 186 valence electrons. The van der Waals surface area contributed by atoms with Crippen LogP contribution in [0.1, 0.15) is 16.7 Å². The average Bonchev–Trinajstić information content (AvgIpc) is 3.29. The molecular weight excluding hydrogens is 512 g/mol. The normalized spacial score (nSPS) is 17.0. The molecule has 1 N–H and O–H groups in total. The minimum atomic E-state index is 0.793. The van der Waals surface area contributed by atoms with Gasteiger partial charge in [-0.3, -0.25) is 9.80 Å². The number of aryl methyl sites for hydroxylation is 2. The fraction of sp³-hybridized carbons (Fsp3) is 0.276. The maximum Gasteiger partial charge on any atom is 0.166 e. The van der Waals surface area contributed by atoms with E-state index in [2.05, 4.69) is 135 Å². The van der Waals surface area contributed by atoms with E-state index in [1.54, 1.807) is 0 Å². The van der Waals surface area contributed by atoms with Crippen molar-refractivity contribution in [3.8, 4) is 0 Å². The first kappa shape index (κ1) is 24.6. The van der Waals surface area contributed by atoms with Crippen molar-refractivity contribution in [3.05, 3.63) is 100 Å². The zero-order valence-corrected chi connectivity index (χ0v) is 22.5. The molecule has 0 bridgehead atoms. The summed E-state index contributed by atoms with van der Waals surface area (Å²) in [6, 6.07) is 25.3. The van der Waals surface area contributed by atoms with Crippen LogP contribution in [-0.4, -0.2) is 54.9 Å². The van der Waals surface area contributed by atoms with Gasteiger partial charge in [-0.15, -0.1) is 5.10 Å². The van der Waals surface area contributed by atoms with E-state index >= 15 is 0 Å². The number of amidine groups is 1. The SMILES string of the molecule is Cc1cccc(C)c1N1C(CN2CCN(CC=Cc3ccccc3)CC2)=NNN1c1ccc(Br)cc1. The van der Waals surface area contributed by atoms with Gasteiger partial charge in [0.1, 0.15) is 0 Å². The highest BCUT2D eigenvalue weighted by Gasteiger charge is 2.32. The number of piperazine rings is 1. The molecule has 5 rings (SSSR count). The molecule has 0 aliphatic carbocycles. The summed E-state index contributed by atoms with van der Waals surface area (Å²) in [4.78, 5) is 5.02. The van der Waals surface area contributed by atoms with E-state index in [1.807, 2.05) is 5.12 Å². The first-order valence-corrected chi connectivity index (χ1v) is 13.3. The van der Waals surface area contributed by atoms with Gasteiger partial charge in [0.25, 0.3) is 0 Å². The van der Waals surface area contributed by atoms with Gasteiger partial charge in [-0.05, 0) is 54.8 Å². The van der Waals surface area contributed by atoms with Gasteiger partial charge < -0.3 is 0 Å². The van der Waals surface area contributed by atoms with Crippen LogP contribution >= 0.6 is 15.9 Å². The Morgan fingerprint density at radius 3 is 2.19 bits per heavy atom.